The van der Waals surface area contributed by atoms with E-state index in [1.54, 1.807) is 0 Å². The molecule has 0 aliphatic rings. The summed E-state index contributed by atoms with van der Waals surface area (Å²) >= 11 is 3.23. The van der Waals surface area contributed by atoms with Crippen LogP contribution in [0.15, 0.2) is 10.5 Å². The SMILES string of the molecule is Cc1cc(CCCN)c(C)c(F)c1Br. The fraction of sp³-hybridized carbons (Fsp3) is 0.455. The molecule has 1 nitrogen and oxygen atoms in total. The number of rotatable bonds is 3. The highest BCUT2D eigenvalue weighted by Crippen LogP contribution is 2.26. The second kappa shape index (κ2) is 4.89. The first-order valence-electron chi connectivity index (χ1n) is 4.72. The summed E-state index contributed by atoms with van der Waals surface area (Å²) in [6.45, 7) is 4.36. The van der Waals surface area contributed by atoms with Gasteiger partial charge >= 0.3 is 0 Å². The number of benzene rings is 1. The van der Waals surface area contributed by atoms with Gasteiger partial charge < -0.3 is 5.73 Å². The summed E-state index contributed by atoms with van der Waals surface area (Å²) in [7, 11) is 0. The van der Waals surface area contributed by atoms with E-state index < -0.39 is 0 Å². The van der Waals surface area contributed by atoms with Crippen LogP contribution in [-0.4, -0.2) is 6.54 Å². The molecule has 0 saturated heterocycles. The van der Waals surface area contributed by atoms with E-state index >= 15 is 0 Å². The highest BCUT2D eigenvalue weighted by Gasteiger charge is 2.10. The van der Waals surface area contributed by atoms with Gasteiger partial charge in [-0.2, -0.15) is 0 Å². The van der Waals surface area contributed by atoms with Crippen molar-refractivity contribution < 1.29 is 4.39 Å². The second-order valence-corrected chi connectivity index (χ2v) is 4.29. The molecule has 0 saturated carbocycles. The van der Waals surface area contributed by atoms with E-state index in [9.17, 15) is 4.39 Å². The highest BCUT2D eigenvalue weighted by molar-refractivity contribution is 9.10. The Bertz CT molecular complexity index is 337. The smallest absolute Gasteiger partial charge is 0.140 e. The minimum absolute atomic E-state index is 0.142. The summed E-state index contributed by atoms with van der Waals surface area (Å²) in [5, 5.41) is 0. The molecule has 78 valence electrons. The summed E-state index contributed by atoms with van der Waals surface area (Å²) < 4.78 is 14.2. The zero-order valence-electron chi connectivity index (χ0n) is 8.53. The second-order valence-electron chi connectivity index (χ2n) is 3.50. The quantitative estimate of drug-likeness (QED) is 0.887. The predicted octanol–water partition coefficient (Wildman–Crippen LogP) is 3.10. The van der Waals surface area contributed by atoms with Crippen LogP contribution >= 0.6 is 15.9 Å². The Balaban J connectivity index is 3.06. The molecule has 0 fully saturated rings. The van der Waals surface area contributed by atoms with E-state index in [0.717, 1.165) is 29.5 Å². The van der Waals surface area contributed by atoms with Crippen molar-refractivity contribution in [2.24, 2.45) is 5.73 Å². The van der Waals surface area contributed by atoms with Crippen molar-refractivity contribution >= 4 is 15.9 Å². The zero-order chi connectivity index (χ0) is 10.7. The van der Waals surface area contributed by atoms with Gasteiger partial charge in [-0.05, 0) is 65.9 Å². The Labute approximate surface area is 92.6 Å². The van der Waals surface area contributed by atoms with Crippen molar-refractivity contribution in [3.05, 3.63) is 33.0 Å². The summed E-state index contributed by atoms with van der Waals surface area (Å²) in [6, 6.07) is 2.03. The van der Waals surface area contributed by atoms with E-state index in [2.05, 4.69) is 15.9 Å². The zero-order valence-corrected chi connectivity index (χ0v) is 10.1. The van der Waals surface area contributed by atoms with Gasteiger partial charge in [0.25, 0.3) is 0 Å². The molecule has 3 heteroatoms. The third-order valence-electron chi connectivity index (χ3n) is 2.39. The van der Waals surface area contributed by atoms with E-state index in [0.29, 0.717) is 11.0 Å². The van der Waals surface area contributed by atoms with Gasteiger partial charge in [-0.1, -0.05) is 6.07 Å². The average Bonchev–Trinajstić information content (AvgIpc) is 2.18. The van der Waals surface area contributed by atoms with Crippen LogP contribution in [0.2, 0.25) is 0 Å². The Morgan fingerprint density at radius 2 is 2.07 bits per heavy atom. The number of hydrogen-bond acceptors (Lipinski definition) is 1. The van der Waals surface area contributed by atoms with Crippen LogP contribution in [0, 0.1) is 19.7 Å². The highest BCUT2D eigenvalue weighted by atomic mass is 79.9. The molecule has 0 atom stereocenters. The number of hydrogen-bond donors (Lipinski definition) is 1. The molecule has 0 heterocycles. The van der Waals surface area contributed by atoms with Crippen LogP contribution in [0.5, 0.6) is 0 Å². The molecule has 1 aromatic carbocycles. The molecule has 0 amide bonds. The predicted molar refractivity (Wildman–Crippen MR) is 60.9 cm³/mol. The maximum Gasteiger partial charge on any atom is 0.140 e. The Morgan fingerprint density at radius 1 is 1.43 bits per heavy atom. The Kier molecular flexibility index (Phi) is 4.08. The van der Waals surface area contributed by atoms with Gasteiger partial charge in [-0.3, -0.25) is 0 Å². The van der Waals surface area contributed by atoms with Crippen molar-refractivity contribution in [2.45, 2.75) is 26.7 Å². The molecule has 2 N–H and O–H groups in total. The third-order valence-corrected chi connectivity index (χ3v) is 3.36. The molecule has 0 radical (unpaired) electrons. The standard InChI is InChI=1S/C11H15BrFN/c1-7-6-9(4-3-5-14)8(2)11(13)10(7)12/h6H,3-5,14H2,1-2H3. The van der Waals surface area contributed by atoms with Gasteiger partial charge in [0.05, 0.1) is 4.47 Å². The molecule has 1 rings (SSSR count). The van der Waals surface area contributed by atoms with Gasteiger partial charge in [-0.25, -0.2) is 4.39 Å². The first kappa shape index (κ1) is 11.7. The van der Waals surface area contributed by atoms with Crippen LogP contribution in [-0.2, 0) is 6.42 Å². The lowest BCUT2D eigenvalue weighted by Gasteiger charge is -2.10. The van der Waals surface area contributed by atoms with Crippen LogP contribution < -0.4 is 5.73 Å². The molecule has 0 aliphatic heterocycles. The normalized spacial score (nSPS) is 10.6. The minimum Gasteiger partial charge on any atom is -0.330 e. The first-order valence-corrected chi connectivity index (χ1v) is 5.51. The van der Waals surface area contributed by atoms with Gasteiger partial charge in [0.15, 0.2) is 0 Å². The van der Waals surface area contributed by atoms with Gasteiger partial charge in [0.1, 0.15) is 5.82 Å². The van der Waals surface area contributed by atoms with E-state index in [-0.39, 0.29) is 5.82 Å². The molecule has 0 spiro atoms. The molecule has 0 aliphatic carbocycles. The number of nitrogens with two attached hydrogens (primary N) is 1. The van der Waals surface area contributed by atoms with Crippen molar-refractivity contribution in [2.75, 3.05) is 6.54 Å². The lowest BCUT2D eigenvalue weighted by molar-refractivity contribution is 0.606. The molecule has 1 aromatic rings. The maximum absolute atomic E-state index is 13.6. The molecular formula is C11H15BrFN. The van der Waals surface area contributed by atoms with Gasteiger partial charge in [0, 0.05) is 0 Å². The molecule has 14 heavy (non-hydrogen) atoms. The van der Waals surface area contributed by atoms with Crippen molar-refractivity contribution in [1.82, 2.24) is 0 Å². The average molecular weight is 260 g/mol. The van der Waals surface area contributed by atoms with Gasteiger partial charge in [0.2, 0.25) is 0 Å². The third kappa shape index (κ3) is 2.34. The topological polar surface area (TPSA) is 26.0 Å². The lowest BCUT2D eigenvalue weighted by atomic mass is 10.0. The summed E-state index contributed by atoms with van der Waals surface area (Å²) in [4.78, 5) is 0. The largest absolute Gasteiger partial charge is 0.330 e. The summed E-state index contributed by atoms with van der Waals surface area (Å²) in [6.07, 6.45) is 1.76. The van der Waals surface area contributed by atoms with Crippen molar-refractivity contribution in [3.63, 3.8) is 0 Å². The molecule has 0 bridgehead atoms. The van der Waals surface area contributed by atoms with Gasteiger partial charge in [-0.15, -0.1) is 0 Å². The van der Waals surface area contributed by atoms with Crippen molar-refractivity contribution in [1.29, 1.82) is 0 Å². The summed E-state index contributed by atoms with van der Waals surface area (Å²) in [5.74, 6) is -0.142. The van der Waals surface area contributed by atoms with Crippen LogP contribution in [0.4, 0.5) is 4.39 Å². The Morgan fingerprint density at radius 3 is 2.64 bits per heavy atom. The first-order chi connectivity index (χ1) is 6.57. The summed E-state index contributed by atoms with van der Waals surface area (Å²) in [5.41, 5.74) is 8.17. The number of aryl methyl sites for hydroxylation is 2. The maximum atomic E-state index is 13.6. The van der Waals surface area contributed by atoms with Crippen LogP contribution in [0.1, 0.15) is 23.1 Å². The van der Waals surface area contributed by atoms with E-state index in [1.165, 1.54) is 0 Å². The van der Waals surface area contributed by atoms with Crippen LogP contribution in [0.3, 0.4) is 0 Å². The molecule has 0 aromatic heterocycles. The molecule has 0 unspecified atom stereocenters. The number of halogens is 2. The molecular weight excluding hydrogens is 245 g/mol. The van der Waals surface area contributed by atoms with Crippen molar-refractivity contribution in [3.8, 4) is 0 Å². The van der Waals surface area contributed by atoms with E-state index in [4.69, 9.17) is 5.73 Å². The lowest BCUT2D eigenvalue weighted by Crippen LogP contribution is -2.03. The fourth-order valence-electron chi connectivity index (χ4n) is 1.46. The minimum atomic E-state index is -0.142. The monoisotopic (exact) mass is 259 g/mol. The van der Waals surface area contributed by atoms with Crippen LogP contribution in [0.25, 0.3) is 0 Å². The van der Waals surface area contributed by atoms with E-state index in [1.807, 2.05) is 19.9 Å². The Hall–Kier alpha value is -0.410. The fourth-order valence-corrected chi connectivity index (χ4v) is 1.88.